The standard InChI is InChI=1S/C24H20F2/c1-3-5-9-19-13-15-21(23(25)17-19)11-7-8-12-22-16-14-20(10-6-4-2)18-24(22)26/h5-6,9-10,13-18H,3-4H2,1-2H3/b9-5+,10-6+. The molecule has 26 heavy (non-hydrogen) atoms. The van der Waals surface area contributed by atoms with Crippen LogP contribution in [0.3, 0.4) is 0 Å². The Labute approximate surface area is 154 Å². The van der Waals surface area contributed by atoms with Crippen molar-refractivity contribution in [1.82, 2.24) is 0 Å². The zero-order valence-corrected chi connectivity index (χ0v) is 14.9. The Morgan fingerprint density at radius 2 is 1.15 bits per heavy atom. The molecular weight excluding hydrogens is 326 g/mol. The second-order valence-electron chi connectivity index (χ2n) is 5.60. The summed E-state index contributed by atoms with van der Waals surface area (Å²) in [5.74, 6) is 9.71. The van der Waals surface area contributed by atoms with Crippen molar-refractivity contribution in [3.63, 3.8) is 0 Å². The minimum Gasteiger partial charge on any atom is -0.206 e. The highest BCUT2D eigenvalue weighted by Gasteiger charge is 2.00. The van der Waals surface area contributed by atoms with Gasteiger partial charge in [0.2, 0.25) is 0 Å². The summed E-state index contributed by atoms with van der Waals surface area (Å²) in [6, 6.07) is 9.71. The Balaban J connectivity index is 2.14. The highest BCUT2D eigenvalue weighted by Crippen LogP contribution is 2.12. The second-order valence-corrected chi connectivity index (χ2v) is 5.60. The van der Waals surface area contributed by atoms with Gasteiger partial charge in [-0.25, -0.2) is 8.78 Å². The molecule has 0 saturated carbocycles. The monoisotopic (exact) mass is 346 g/mol. The average Bonchev–Trinajstić information content (AvgIpc) is 2.64. The predicted octanol–water partition coefficient (Wildman–Crippen LogP) is 6.21. The Morgan fingerprint density at radius 1 is 0.731 bits per heavy atom. The van der Waals surface area contributed by atoms with E-state index in [1.54, 1.807) is 24.3 Å². The van der Waals surface area contributed by atoms with Crippen molar-refractivity contribution in [2.24, 2.45) is 0 Å². The van der Waals surface area contributed by atoms with Gasteiger partial charge < -0.3 is 0 Å². The number of rotatable bonds is 4. The van der Waals surface area contributed by atoms with Crippen molar-refractivity contribution >= 4 is 12.2 Å². The lowest BCUT2D eigenvalue weighted by Gasteiger charge is -1.97. The molecule has 0 bridgehead atoms. The van der Waals surface area contributed by atoms with Gasteiger partial charge in [-0.3, -0.25) is 0 Å². The lowest BCUT2D eigenvalue weighted by Crippen LogP contribution is -1.85. The van der Waals surface area contributed by atoms with Gasteiger partial charge in [-0.2, -0.15) is 0 Å². The Hall–Kier alpha value is -3.10. The van der Waals surface area contributed by atoms with Gasteiger partial charge in [0.25, 0.3) is 0 Å². The molecule has 2 rings (SSSR count). The van der Waals surface area contributed by atoms with E-state index in [9.17, 15) is 8.78 Å². The van der Waals surface area contributed by atoms with Crippen LogP contribution >= 0.6 is 0 Å². The topological polar surface area (TPSA) is 0 Å². The Kier molecular flexibility index (Phi) is 7.41. The third-order valence-electron chi connectivity index (χ3n) is 3.54. The van der Waals surface area contributed by atoms with Gasteiger partial charge >= 0.3 is 0 Å². The zero-order valence-electron chi connectivity index (χ0n) is 14.9. The van der Waals surface area contributed by atoms with Gasteiger partial charge in [0.1, 0.15) is 11.6 Å². The molecule has 0 N–H and O–H groups in total. The van der Waals surface area contributed by atoms with E-state index in [1.807, 2.05) is 38.2 Å². The lowest BCUT2D eigenvalue weighted by atomic mass is 10.1. The molecule has 0 aliphatic rings. The molecule has 130 valence electrons. The van der Waals surface area contributed by atoms with E-state index >= 15 is 0 Å². The molecule has 0 aliphatic carbocycles. The molecule has 0 fully saturated rings. The Morgan fingerprint density at radius 3 is 1.50 bits per heavy atom. The molecule has 2 heteroatoms. The minimum absolute atomic E-state index is 0.272. The van der Waals surface area contributed by atoms with E-state index in [1.165, 1.54) is 12.1 Å². The first-order chi connectivity index (χ1) is 12.6. The minimum atomic E-state index is -0.393. The van der Waals surface area contributed by atoms with E-state index in [0.717, 1.165) is 24.0 Å². The summed E-state index contributed by atoms with van der Waals surface area (Å²) in [4.78, 5) is 0. The molecule has 0 aliphatic heterocycles. The van der Waals surface area contributed by atoms with Gasteiger partial charge in [-0.15, -0.1) is 0 Å². The van der Waals surface area contributed by atoms with Crippen LogP contribution < -0.4 is 0 Å². The fourth-order valence-electron chi connectivity index (χ4n) is 2.18. The van der Waals surface area contributed by atoms with Crippen LogP contribution in [0.4, 0.5) is 8.78 Å². The predicted molar refractivity (Wildman–Crippen MR) is 105 cm³/mol. The summed E-state index contributed by atoms with van der Waals surface area (Å²) < 4.78 is 28.0. The molecule has 2 aromatic carbocycles. The van der Waals surface area contributed by atoms with E-state index < -0.39 is 11.6 Å². The number of allylic oxidation sites excluding steroid dienone is 2. The molecule has 0 aromatic heterocycles. The molecule has 0 atom stereocenters. The number of hydrogen-bond acceptors (Lipinski definition) is 0. The maximum absolute atomic E-state index is 14.0. The van der Waals surface area contributed by atoms with Crippen LogP contribution in [0, 0.1) is 35.3 Å². The van der Waals surface area contributed by atoms with Crippen LogP contribution in [-0.2, 0) is 0 Å². The zero-order chi connectivity index (χ0) is 18.8. The summed E-state index contributed by atoms with van der Waals surface area (Å²) in [5, 5.41) is 0. The third-order valence-corrected chi connectivity index (χ3v) is 3.54. The highest BCUT2D eigenvalue weighted by atomic mass is 19.1. The second kappa shape index (κ2) is 10.0. The lowest BCUT2D eigenvalue weighted by molar-refractivity contribution is 0.623. The average molecular weight is 346 g/mol. The molecular formula is C24H20F2. The first-order valence-corrected chi connectivity index (χ1v) is 8.58. The van der Waals surface area contributed by atoms with E-state index in [-0.39, 0.29) is 11.1 Å². The van der Waals surface area contributed by atoms with Crippen molar-refractivity contribution in [1.29, 1.82) is 0 Å². The quantitative estimate of drug-likeness (QED) is 0.577. The first kappa shape index (κ1) is 19.2. The fourth-order valence-corrected chi connectivity index (χ4v) is 2.18. The molecule has 0 radical (unpaired) electrons. The molecule has 0 unspecified atom stereocenters. The molecule has 0 amide bonds. The summed E-state index contributed by atoms with van der Waals surface area (Å²) >= 11 is 0. The number of halogens is 2. The summed E-state index contributed by atoms with van der Waals surface area (Å²) in [5.41, 5.74) is 2.13. The SMILES string of the molecule is CC/C=C/c1ccc(C#CC#Cc2ccc(/C=C/CC)cc2F)c(F)c1. The van der Waals surface area contributed by atoms with Gasteiger partial charge in [-0.05, 0) is 71.9 Å². The maximum atomic E-state index is 14.0. The van der Waals surface area contributed by atoms with Gasteiger partial charge in [0.15, 0.2) is 0 Å². The van der Waals surface area contributed by atoms with Crippen molar-refractivity contribution in [2.75, 3.05) is 0 Å². The highest BCUT2D eigenvalue weighted by molar-refractivity contribution is 5.54. The number of hydrogen-bond donors (Lipinski definition) is 0. The summed E-state index contributed by atoms with van der Waals surface area (Å²) in [7, 11) is 0. The van der Waals surface area contributed by atoms with E-state index in [4.69, 9.17) is 0 Å². The smallest absolute Gasteiger partial charge is 0.139 e. The molecule has 0 nitrogen and oxygen atoms in total. The van der Waals surface area contributed by atoms with Gasteiger partial charge in [0.05, 0.1) is 11.1 Å². The number of benzene rings is 2. The van der Waals surface area contributed by atoms with Gasteiger partial charge in [-0.1, -0.05) is 50.3 Å². The van der Waals surface area contributed by atoms with Crippen LogP contribution in [0.15, 0.2) is 48.6 Å². The third kappa shape index (κ3) is 5.76. The van der Waals surface area contributed by atoms with Crippen LogP contribution in [0.1, 0.15) is 48.9 Å². The fraction of sp³-hybridized carbons (Fsp3) is 0.167. The van der Waals surface area contributed by atoms with Crippen molar-refractivity contribution in [3.8, 4) is 23.7 Å². The first-order valence-electron chi connectivity index (χ1n) is 8.58. The van der Waals surface area contributed by atoms with Crippen LogP contribution in [0.5, 0.6) is 0 Å². The van der Waals surface area contributed by atoms with Crippen LogP contribution in [0.2, 0.25) is 0 Å². The normalized spacial score (nSPS) is 10.5. The van der Waals surface area contributed by atoms with Crippen LogP contribution in [0.25, 0.3) is 12.2 Å². The van der Waals surface area contributed by atoms with Crippen LogP contribution in [-0.4, -0.2) is 0 Å². The summed E-state index contributed by atoms with van der Waals surface area (Å²) in [6.45, 7) is 4.04. The summed E-state index contributed by atoms with van der Waals surface area (Å²) in [6.07, 6.45) is 9.44. The molecule has 0 saturated heterocycles. The largest absolute Gasteiger partial charge is 0.206 e. The van der Waals surface area contributed by atoms with E-state index in [2.05, 4.69) is 23.7 Å². The van der Waals surface area contributed by atoms with Gasteiger partial charge in [0, 0.05) is 0 Å². The molecule has 0 heterocycles. The maximum Gasteiger partial charge on any atom is 0.139 e. The van der Waals surface area contributed by atoms with Crippen molar-refractivity contribution in [2.45, 2.75) is 26.7 Å². The molecule has 0 spiro atoms. The molecule has 2 aromatic rings. The Bertz CT molecular complexity index is 862. The van der Waals surface area contributed by atoms with Crippen molar-refractivity contribution < 1.29 is 8.78 Å². The van der Waals surface area contributed by atoms with E-state index in [0.29, 0.717) is 0 Å². The van der Waals surface area contributed by atoms with Crippen molar-refractivity contribution in [3.05, 3.63) is 82.4 Å².